The highest BCUT2D eigenvalue weighted by Gasteiger charge is 2.17. The third-order valence-corrected chi connectivity index (χ3v) is 1.43. The molecular weight excluding hydrogens is 146 g/mol. The molecule has 0 rings (SSSR count). The molecule has 0 bridgehead atoms. The van der Waals surface area contributed by atoms with E-state index in [2.05, 4.69) is 5.18 Å². The highest BCUT2D eigenvalue weighted by Crippen LogP contribution is 2.08. The molecule has 11 heavy (non-hydrogen) atoms. The summed E-state index contributed by atoms with van der Waals surface area (Å²) in [5.74, 6) is -0.709. The molecule has 0 aliphatic rings. The normalized spacial score (nSPS) is 13.0. The predicted molar refractivity (Wildman–Crippen MR) is 41.3 cm³/mol. The Balaban J connectivity index is 3.70. The Kier molecular flexibility index (Phi) is 4.41. The van der Waals surface area contributed by atoms with Gasteiger partial charge in [0.05, 0.1) is 0 Å². The molecule has 4 heteroatoms. The van der Waals surface area contributed by atoms with Gasteiger partial charge in [-0.2, -0.15) is 0 Å². The first-order valence-electron chi connectivity index (χ1n) is 3.63. The van der Waals surface area contributed by atoms with Gasteiger partial charge in [-0.25, -0.2) is 4.79 Å². The number of aliphatic carboxylic acids is 1. The minimum atomic E-state index is -1.12. The van der Waals surface area contributed by atoms with E-state index in [-0.39, 0.29) is 0 Å². The lowest BCUT2D eigenvalue weighted by Crippen LogP contribution is -2.17. The monoisotopic (exact) mass is 159 g/mol. The number of nitrogens with zero attached hydrogens (tertiary/aromatic N) is 1. The Bertz CT molecular complexity index is 145. The van der Waals surface area contributed by atoms with E-state index in [1.807, 2.05) is 13.8 Å². The van der Waals surface area contributed by atoms with Crippen molar-refractivity contribution in [2.45, 2.75) is 32.7 Å². The largest absolute Gasteiger partial charge is 0.480 e. The van der Waals surface area contributed by atoms with Crippen molar-refractivity contribution < 1.29 is 9.90 Å². The number of carboxylic acid groups (broad SMARTS) is 1. The van der Waals surface area contributed by atoms with E-state index in [0.29, 0.717) is 12.3 Å². The Morgan fingerprint density at radius 2 is 2.00 bits per heavy atom. The Morgan fingerprint density at radius 1 is 1.45 bits per heavy atom. The average molecular weight is 159 g/mol. The van der Waals surface area contributed by atoms with Crippen LogP contribution in [0.5, 0.6) is 0 Å². The summed E-state index contributed by atoms with van der Waals surface area (Å²) in [6, 6.07) is -1.06. The van der Waals surface area contributed by atoms with Crippen molar-refractivity contribution in [3.63, 3.8) is 0 Å². The average Bonchev–Trinajstić information content (AvgIpc) is 1.87. The third-order valence-electron chi connectivity index (χ3n) is 1.43. The molecule has 0 fully saturated rings. The van der Waals surface area contributed by atoms with E-state index in [1.165, 1.54) is 0 Å². The second-order valence-corrected chi connectivity index (χ2v) is 2.93. The van der Waals surface area contributed by atoms with Crippen LogP contribution in [0.3, 0.4) is 0 Å². The summed E-state index contributed by atoms with van der Waals surface area (Å²) in [7, 11) is 0. The summed E-state index contributed by atoms with van der Waals surface area (Å²) >= 11 is 0. The van der Waals surface area contributed by atoms with Gasteiger partial charge < -0.3 is 5.11 Å². The molecule has 0 saturated carbocycles. The molecular formula is C7H13NO3. The van der Waals surface area contributed by atoms with E-state index < -0.39 is 12.0 Å². The maximum atomic E-state index is 10.2. The number of nitroso groups, excluding NO2 is 1. The maximum Gasteiger partial charge on any atom is 0.332 e. The Labute approximate surface area is 65.6 Å². The summed E-state index contributed by atoms with van der Waals surface area (Å²) in [4.78, 5) is 20.2. The van der Waals surface area contributed by atoms with Crippen molar-refractivity contribution in [2.24, 2.45) is 11.1 Å². The zero-order valence-corrected chi connectivity index (χ0v) is 6.78. The number of hydrogen-bond acceptors (Lipinski definition) is 3. The fourth-order valence-electron chi connectivity index (χ4n) is 0.712. The summed E-state index contributed by atoms with van der Waals surface area (Å²) in [6.45, 7) is 3.95. The SMILES string of the molecule is CC(C)CC[C@H](N=O)C(=O)O. The van der Waals surface area contributed by atoms with E-state index in [1.54, 1.807) is 0 Å². The van der Waals surface area contributed by atoms with Gasteiger partial charge in [0, 0.05) is 0 Å². The number of rotatable bonds is 5. The minimum absolute atomic E-state index is 0.344. The molecule has 4 nitrogen and oxygen atoms in total. The summed E-state index contributed by atoms with van der Waals surface area (Å²) in [5, 5.41) is 10.9. The molecule has 0 radical (unpaired) electrons. The highest BCUT2D eigenvalue weighted by atomic mass is 16.4. The Hall–Kier alpha value is -0.930. The molecule has 1 N–H and O–H groups in total. The standard InChI is InChI=1S/C7H13NO3/c1-5(2)3-4-6(8-11)7(9)10/h5-6H,3-4H2,1-2H3,(H,9,10)/t6-/m0/s1. The van der Waals surface area contributed by atoms with Crippen LogP contribution < -0.4 is 0 Å². The van der Waals surface area contributed by atoms with E-state index in [9.17, 15) is 9.70 Å². The van der Waals surface area contributed by atoms with Crippen LogP contribution in [0.4, 0.5) is 0 Å². The van der Waals surface area contributed by atoms with Crippen LogP contribution in [-0.2, 0) is 4.79 Å². The molecule has 0 heterocycles. The lowest BCUT2D eigenvalue weighted by molar-refractivity contribution is -0.138. The van der Waals surface area contributed by atoms with Gasteiger partial charge in [-0.3, -0.25) is 0 Å². The summed E-state index contributed by atoms with van der Waals surface area (Å²) < 4.78 is 0. The van der Waals surface area contributed by atoms with Crippen molar-refractivity contribution >= 4 is 5.97 Å². The molecule has 0 saturated heterocycles. The highest BCUT2D eigenvalue weighted by molar-refractivity contribution is 5.73. The second-order valence-electron chi connectivity index (χ2n) is 2.93. The maximum absolute atomic E-state index is 10.2. The van der Waals surface area contributed by atoms with Gasteiger partial charge in [0.1, 0.15) is 0 Å². The van der Waals surface area contributed by atoms with Gasteiger partial charge in [-0.1, -0.05) is 19.0 Å². The van der Waals surface area contributed by atoms with Crippen molar-refractivity contribution in [3.05, 3.63) is 4.91 Å². The van der Waals surface area contributed by atoms with Crippen molar-refractivity contribution in [3.8, 4) is 0 Å². The van der Waals surface area contributed by atoms with Crippen molar-refractivity contribution in [1.82, 2.24) is 0 Å². The lowest BCUT2D eigenvalue weighted by Gasteiger charge is -2.05. The molecule has 0 aliphatic carbocycles. The van der Waals surface area contributed by atoms with Crippen LogP contribution in [0, 0.1) is 10.8 Å². The molecule has 64 valence electrons. The first kappa shape index (κ1) is 10.1. The van der Waals surface area contributed by atoms with Crippen LogP contribution in [-0.4, -0.2) is 17.1 Å². The fourth-order valence-corrected chi connectivity index (χ4v) is 0.712. The summed E-state index contributed by atoms with van der Waals surface area (Å²) in [6.07, 6.45) is 1.07. The number of carboxylic acids is 1. The molecule has 0 amide bonds. The van der Waals surface area contributed by atoms with E-state index >= 15 is 0 Å². The molecule has 0 aromatic heterocycles. The van der Waals surface area contributed by atoms with Gasteiger partial charge in [-0.15, -0.1) is 4.91 Å². The molecule has 0 aliphatic heterocycles. The van der Waals surface area contributed by atoms with Gasteiger partial charge in [0.25, 0.3) is 0 Å². The topological polar surface area (TPSA) is 66.7 Å². The molecule has 0 unspecified atom stereocenters. The minimum Gasteiger partial charge on any atom is -0.480 e. The van der Waals surface area contributed by atoms with Crippen molar-refractivity contribution in [1.29, 1.82) is 0 Å². The van der Waals surface area contributed by atoms with E-state index in [0.717, 1.165) is 6.42 Å². The third kappa shape index (κ3) is 4.47. The van der Waals surface area contributed by atoms with Crippen LogP contribution in [0.25, 0.3) is 0 Å². The van der Waals surface area contributed by atoms with Crippen LogP contribution >= 0.6 is 0 Å². The number of carbonyl (C=O) groups is 1. The van der Waals surface area contributed by atoms with Crippen LogP contribution in [0.15, 0.2) is 5.18 Å². The molecule has 0 aromatic carbocycles. The van der Waals surface area contributed by atoms with Gasteiger partial charge >= 0.3 is 5.97 Å². The summed E-state index contributed by atoms with van der Waals surface area (Å²) in [5.41, 5.74) is 0. The van der Waals surface area contributed by atoms with Crippen LogP contribution in [0.1, 0.15) is 26.7 Å². The molecule has 0 spiro atoms. The quantitative estimate of drug-likeness (QED) is 0.620. The van der Waals surface area contributed by atoms with Gasteiger partial charge in [-0.05, 0) is 18.8 Å². The first-order chi connectivity index (χ1) is 5.07. The molecule has 0 aromatic rings. The zero-order valence-electron chi connectivity index (χ0n) is 6.78. The zero-order chi connectivity index (χ0) is 8.85. The Morgan fingerprint density at radius 3 is 2.27 bits per heavy atom. The van der Waals surface area contributed by atoms with Crippen LogP contribution in [0.2, 0.25) is 0 Å². The van der Waals surface area contributed by atoms with E-state index in [4.69, 9.17) is 5.11 Å². The second kappa shape index (κ2) is 4.82. The molecule has 1 atom stereocenters. The number of hydrogen-bond donors (Lipinski definition) is 1. The van der Waals surface area contributed by atoms with Gasteiger partial charge in [0.15, 0.2) is 6.04 Å². The lowest BCUT2D eigenvalue weighted by atomic mass is 10.0. The predicted octanol–water partition coefficient (Wildman–Crippen LogP) is 1.64. The fraction of sp³-hybridized carbons (Fsp3) is 0.857. The smallest absolute Gasteiger partial charge is 0.332 e. The van der Waals surface area contributed by atoms with Crippen molar-refractivity contribution in [2.75, 3.05) is 0 Å². The first-order valence-corrected chi connectivity index (χ1v) is 3.63. The van der Waals surface area contributed by atoms with Gasteiger partial charge in [0.2, 0.25) is 0 Å².